The highest BCUT2D eigenvalue weighted by Gasteiger charge is 2.13. The average molecular weight is 254 g/mol. The summed E-state index contributed by atoms with van der Waals surface area (Å²) in [5.41, 5.74) is 0.750. The molecule has 0 heterocycles. The van der Waals surface area contributed by atoms with Gasteiger partial charge in [-0.05, 0) is 19.4 Å². The van der Waals surface area contributed by atoms with Crippen molar-refractivity contribution in [2.75, 3.05) is 5.88 Å². The van der Waals surface area contributed by atoms with Gasteiger partial charge in [0.2, 0.25) is 0 Å². The van der Waals surface area contributed by atoms with Crippen molar-refractivity contribution in [2.24, 2.45) is 0 Å². The first kappa shape index (κ1) is 13.4. The summed E-state index contributed by atoms with van der Waals surface area (Å²) in [5.74, 6) is 0.278. The fourth-order valence-electron chi connectivity index (χ4n) is 1.34. The molecule has 4 nitrogen and oxygen atoms in total. The molecule has 0 aliphatic carbocycles. The van der Waals surface area contributed by atoms with Crippen LogP contribution in [-0.2, 0) is 0 Å². The summed E-state index contributed by atoms with van der Waals surface area (Å²) in [6.07, 6.45) is 4.06. The molecular formula is C12H12ClNO3. The number of ketones is 1. The first-order valence-electron chi connectivity index (χ1n) is 5.08. The van der Waals surface area contributed by atoms with Gasteiger partial charge in [0, 0.05) is 17.5 Å². The Hall–Kier alpha value is -1.68. The highest BCUT2D eigenvalue weighted by atomic mass is 35.5. The Morgan fingerprint density at radius 1 is 1.53 bits per heavy atom. The molecule has 90 valence electrons. The molecule has 0 fully saturated rings. The highest BCUT2D eigenvalue weighted by Crippen LogP contribution is 2.22. The predicted octanol–water partition coefficient (Wildman–Crippen LogP) is 3.44. The summed E-state index contributed by atoms with van der Waals surface area (Å²) in [6, 6.07) is 4.44. The van der Waals surface area contributed by atoms with Gasteiger partial charge in [0.15, 0.2) is 5.78 Å². The number of nitro benzene ring substituents is 1. The van der Waals surface area contributed by atoms with E-state index in [-0.39, 0.29) is 11.5 Å². The van der Waals surface area contributed by atoms with Crippen molar-refractivity contribution in [2.45, 2.75) is 13.3 Å². The third-order valence-electron chi connectivity index (χ3n) is 2.21. The van der Waals surface area contributed by atoms with Crippen LogP contribution < -0.4 is 0 Å². The zero-order valence-corrected chi connectivity index (χ0v) is 10.1. The summed E-state index contributed by atoms with van der Waals surface area (Å²) in [7, 11) is 0. The molecule has 0 aliphatic rings. The normalized spacial score (nSPS) is 10.7. The Bertz CT molecular complexity index is 469. The SMILES string of the molecule is CC(=O)c1ccc(C=CCCCl)c([N+](=O)[O-])c1. The van der Waals surface area contributed by atoms with E-state index in [1.165, 1.54) is 13.0 Å². The van der Waals surface area contributed by atoms with Crippen LogP contribution in [0.25, 0.3) is 6.08 Å². The second-order valence-corrected chi connectivity index (χ2v) is 3.84. The molecule has 17 heavy (non-hydrogen) atoms. The number of benzene rings is 1. The fraction of sp³-hybridized carbons (Fsp3) is 0.250. The van der Waals surface area contributed by atoms with E-state index in [0.717, 1.165) is 0 Å². The number of Topliss-reactive ketones (excluding diaryl/α,β-unsaturated/α-hetero) is 1. The summed E-state index contributed by atoms with van der Waals surface area (Å²) in [6.45, 7) is 1.38. The van der Waals surface area contributed by atoms with Gasteiger partial charge in [0.25, 0.3) is 5.69 Å². The van der Waals surface area contributed by atoms with E-state index in [9.17, 15) is 14.9 Å². The molecule has 0 radical (unpaired) electrons. The zero-order valence-electron chi connectivity index (χ0n) is 9.35. The topological polar surface area (TPSA) is 60.2 Å². The van der Waals surface area contributed by atoms with Gasteiger partial charge in [0.1, 0.15) is 0 Å². The van der Waals surface area contributed by atoms with Gasteiger partial charge >= 0.3 is 0 Å². The Morgan fingerprint density at radius 2 is 2.24 bits per heavy atom. The minimum atomic E-state index is -0.493. The van der Waals surface area contributed by atoms with Gasteiger partial charge in [-0.1, -0.05) is 18.2 Å². The summed E-state index contributed by atoms with van der Waals surface area (Å²) in [4.78, 5) is 21.5. The molecule has 0 aliphatic heterocycles. The van der Waals surface area contributed by atoms with E-state index in [1.54, 1.807) is 24.3 Å². The van der Waals surface area contributed by atoms with E-state index in [2.05, 4.69) is 0 Å². The Morgan fingerprint density at radius 3 is 2.76 bits per heavy atom. The van der Waals surface area contributed by atoms with E-state index in [4.69, 9.17) is 11.6 Å². The number of rotatable bonds is 5. The van der Waals surface area contributed by atoms with Crippen LogP contribution in [-0.4, -0.2) is 16.6 Å². The number of alkyl halides is 1. The largest absolute Gasteiger partial charge is 0.295 e. The highest BCUT2D eigenvalue weighted by molar-refractivity contribution is 6.17. The maximum atomic E-state index is 11.1. The van der Waals surface area contributed by atoms with E-state index in [1.807, 2.05) is 0 Å². The molecule has 1 rings (SSSR count). The van der Waals surface area contributed by atoms with Crippen LogP contribution >= 0.6 is 11.6 Å². The fourth-order valence-corrected chi connectivity index (χ4v) is 1.46. The second kappa shape index (κ2) is 6.15. The predicted molar refractivity (Wildman–Crippen MR) is 67.5 cm³/mol. The van der Waals surface area contributed by atoms with Crippen LogP contribution in [0, 0.1) is 10.1 Å². The molecule has 1 aromatic carbocycles. The van der Waals surface area contributed by atoms with Crippen LogP contribution in [0.15, 0.2) is 24.3 Å². The van der Waals surface area contributed by atoms with Gasteiger partial charge in [-0.25, -0.2) is 0 Å². The first-order chi connectivity index (χ1) is 8.06. The smallest absolute Gasteiger partial charge is 0.277 e. The standard InChI is InChI=1S/C12H12ClNO3/c1-9(15)11-6-5-10(4-2-3-7-13)12(8-11)14(16)17/h2,4-6,8H,3,7H2,1H3. The van der Waals surface area contributed by atoms with Crippen molar-refractivity contribution in [1.29, 1.82) is 0 Å². The second-order valence-electron chi connectivity index (χ2n) is 3.47. The third kappa shape index (κ3) is 3.67. The Kier molecular flexibility index (Phi) is 4.84. The molecule has 0 bridgehead atoms. The molecule has 0 N–H and O–H groups in total. The minimum Gasteiger partial charge on any atom is -0.295 e. The van der Waals surface area contributed by atoms with Crippen LogP contribution in [0.5, 0.6) is 0 Å². The Balaban J connectivity index is 3.13. The number of allylic oxidation sites excluding steroid dienone is 1. The summed E-state index contributed by atoms with van der Waals surface area (Å²) >= 11 is 5.51. The molecular weight excluding hydrogens is 242 g/mol. The number of hydrogen-bond acceptors (Lipinski definition) is 3. The van der Waals surface area contributed by atoms with Crippen LogP contribution in [0.3, 0.4) is 0 Å². The van der Waals surface area contributed by atoms with Crippen molar-refractivity contribution in [1.82, 2.24) is 0 Å². The lowest BCUT2D eigenvalue weighted by atomic mass is 10.1. The number of carbonyl (C=O) groups excluding carboxylic acids is 1. The zero-order chi connectivity index (χ0) is 12.8. The molecule has 0 saturated carbocycles. The van der Waals surface area contributed by atoms with Crippen LogP contribution in [0.1, 0.15) is 29.3 Å². The number of carbonyl (C=O) groups is 1. The van der Waals surface area contributed by atoms with E-state index >= 15 is 0 Å². The molecule has 0 spiro atoms. The molecule has 1 aromatic rings. The minimum absolute atomic E-state index is 0.0662. The average Bonchev–Trinajstić information content (AvgIpc) is 2.29. The quantitative estimate of drug-likeness (QED) is 0.349. The van der Waals surface area contributed by atoms with Crippen LogP contribution in [0.4, 0.5) is 5.69 Å². The van der Waals surface area contributed by atoms with Crippen molar-refractivity contribution >= 4 is 29.1 Å². The Labute approximate surface area is 104 Å². The number of nitrogens with zero attached hydrogens (tertiary/aromatic N) is 1. The molecule has 0 unspecified atom stereocenters. The monoisotopic (exact) mass is 253 g/mol. The number of hydrogen-bond donors (Lipinski definition) is 0. The van der Waals surface area contributed by atoms with Crippen molar-refractivity contribution in [3.05, 3.63) is 45.5 Å². The molecule has 5 heteroatoms. The maximum Gasteiger partial charge on any atom is 0.277 e. The van der Waals surface area contributed by atoms with Gasteiger partial charge in [-0.3, -0.25) is 14.9 Å². The van der Waals surface area contributed by atoms with E-state index in [0.29, 0.717) is 23.4 Å². The van der Waals surface area contributed by atoms with Crippen molar-refractivity contribution < 1.29 is 9.72 Å². The lowest BCUT2D eigenvalue weighted by Crippen LogP contribution is -1.97. The molecule has 0 aromatic heterocycles. The van der Waals surface area contributed by atoms with Gasteiger partial charge < -0.3 is 0 Å². The number of nitro groups is 1. The molecule has 0 saturated heterocycles. The third-order valence-corrected chi connectivity index (χ3v) is 2.43. The molecule has 0 amide bonds. The first-order valence-corrected chi connectivity index (χ1v) is 5.61. The summed E-state index contributed by atoms with van der Waals surface area (Å²) < 4.78 is 0. The van der Waals surface area contributed by atoms with Crippen LogP contribution in [0.2, 0.25) is 0 Å². The maximum absolute atomic E-state index is 11.1. The van der Waals surface area contributed by atoms with Crippen molar-refractivity contribution in [3.63, 3.8) is 0 Å². The van der Waals surface area contributed by atoms with E-state index < -0.39 is 4.92 Å². The lowest BCUT2D eigenvalue weighted by molar-refractivity contribution is -0.385. The van der Waals surface area contributed by atoms with Gasteiger partial charge in [0.05, 0.1) is 10.5 Å². The number of halogens is 1. The van der Waals surface area contributed by atoms with Gasteiger partial charge in [-0.2, -0.15) is 0 Å². The van der Waals surface area contributed by atoms with Gasteiger partial charge in [-0.15, -0.1) is 11.6 Å². The summed E-state index contributed by atoms with van der Waals surface area (Å²) in [5, 5.41) is 10.9. The lowest BCUT2D eigenvalue weighted by Gasteiger charge is -2.00. The molecule has 0 atom stereocenters. The van der Waals surface area contributed by atoms with Crippen molar-refractivity contribution in [3.8, 4) is 0 Å².